The van der Waals surface area contributed by atoms with Gasteiger partial charge in [-0.3, -0.25) is 4.79 Å². The van der Waals surface area contributed by atoms with Crippen molar-refractivity contribution in [2.24, 2.45) is 11.7 Å². The highest BCUT2D eigenvalue weighted by Crippen LogP contribution is 2.22. The van der Waals surface area contributed by atoms with E-state index in [1.54, 1.807) is 4.90 Å². The minimum atomic E-state index is -0.634. The summed E-state index contributed by atoms with van der Waals surface area (Å²) >= 11 is 0. The van der Waals surface area contributed by atoms with E-state index in [0.29, 0.717) is 25.9 Å². The van der Waals surface area contributed by atoms with Gasteiger partial charge in [0.05, 0.1) is 6.04 Å². The third-order valence-electron chi connectivity index (χ3n) is 3.23. The SMILES string of the molecule is CC(C)(C)OC(=O)N1CCC([C@H](N)C(=O)CO)CC1. The van der Waals surface area contributed by atoms with Gasteiger partial charge in [-0.2, -0.15) is 0 Å². The van der Waals surface area contributed by atoms with Crippen LogP contribution in [0.2, 0.25) is 0 Å². The van der Waals surface area contributed by atoms with Crippen molar-refractivity contribution in [2.75, 3.05) is 19.7 Å². The first-order chi connectivity index (χ1) is 8.74. The third-order valence-corrected chi connectivity index (χ3v) is 3.23. The molecule has 1 saturated heterocycles. The Morgan fingerprint density at radius 1 is 1.37 bits per heavy atom. The second-order valence-electron chi connectivity index (χ2n) is 5.96. The molecule has 1 atom stereocenters. The van der Waals surface area contributed by atoms with Crippen LogP contribution in [0.15, 0.2) is 0 Å². The van der Waals surface area contributed by atoms with Crippen molar-refractivity contribution in [1.82, 2.24) is 4.90 Å². The fraction of sp³-hybridized carbons (Fsp3) is 0.846. The molecule has 0 saturated carbocycles. The minimum absolute atomic E-state index is 0.0262. The standard InChI is InChI=1S/C13H24N2O4/c1-13(2,3)19-12(18)15-6-4-9(5-7-15)11(14)10(17)8-16/h9,11,16H,4-8,14H2,1-3H3/t11-/m0/s1. The largest absolute Gasteiger partial charge is 0.444 e. The molecule has 0 aromatic rings. The van der Waals surface area contributed by atoms with E-state index in [0.717, 1.165) is 0 Å². The predicted octanol–water partition coefficient (Wildman–Crippen LogP) is 0.522. The second-order valence-corrected chi connectivity index (χ2v) is 5.96. The van der Waals surface area contributed by atoms with Crippen LogP contribution in [0.1, 0.15) is 33.6 Å². The van der Waals surface area contributed by atoms with Gasteiger partial charge in [-0.25, -0.2) is 4.79 Å². The fourth-order valence-corrected chi connectivity index (χ4v) is 2.14. The topological polar surface area (TPSA) is 92.9 Å². The number of ketones is 1. The Labute approximate surface area is 113 Å². The molecule has 110 valence electrons. The molecule has 19 heavy (non-hydrogen) atoms. The van der Waals surface area contributed by atoms with Crippen molar-refractivity contribution in [3.05, 3.63) is 0 Å². The molecule has 6 heteroatoms. The number of hydrogen-bond acceptors (Lipinski definition) is 5. The number of piperidine rings is 1. The summed E-state index contributed by atoms with van der Waals surface area (Å²) in [5.74, 6) is -0.311. The number of carbonyl (C=O) groups is 2. The van der Waals surface area contributed by atoms with Crippen LogP contribution in [0.25, 0.3) is 0 Å². The van der Waals surface area contributed by atoms with Crippen molar-refractivity contribution < 1.29 is 19.4 Å². The maximum atomic E-state index is 11.8. The van der Waals surface area contributed by atoms with Gasteiger partial charge in [-0.1, -0.05) is 0 Å². The van der Waals surface area contributed by atoms with Crippen LogP contribution in [-0.4, -0.2) is 53.2 Å². The predicted molar refractivity (Wildman–Crippen MR) is 70.6 cm³/mol. The molecule has 1 aliphatic heterocycles. The number of likely N-dealkylation sites (tertiary alicyclic amines) is 1. The zero-order chi connectivity index (χ0) is 14.6. The average molecular weight is 272 g/mol. The number of aliphatic hydroxyl groups excluding tert-OH is 1. The number of carbonyl (C=O) groups excluding carboxylic acids is 2. The van der Waals surface area contributed by atoms with E-state index in [9.17, 15) is 9.59 Å². The van der Waals surface area contributed by atoms with E-state index in [4.69, 9.17) is 15.6 Å². The number of amides is 1. The Hall–Kier alpha value is -1.14. The van der Waals surface area contributed by atoms with Gasteiger partial charge in [0.2, 0.25) is 0 Å². The fourth-order valence-electron chi connectivity index (χ4n) is 2.14. The molecule has 0 unspecified atom stereocenters. The van der Waals surface area contributed by atoms with Gasteiger partial charge in [0.25, 0.3) is 0 Å². The van der Waals surface area contributed by atoms with Gasteiger partial charge < -0.3 is 20.5 Å². The van der Waals surface area contributed by atoms with Crippen LogP contribution >= 0.6 is 0 Å². The second kappa shape index (κ2) is 6.34. The molecule has 0 aromatic carbocycles. The third kappa shape index (κ3) is 4.80. The van der Waals surface area contributed by atoms with E-state index >= 15 is 0 Å². The average Bonchev–Trinajstić information content (AvgIpc) is 2.35. The van der Waals surface area contributed by atoms with Gasteiger partial charge >= 0.3 is 6.09 Å². The minimum Gasteiger partial charge on any atom is -0.444 e. The van der Waals surface area contributed by atoms with Gasteiger partial charge in [-0.05, 0) is 39.5 Å². The van der Waals surface area contributed by atoms with Crippen molar-refractivity contribution >= 4 is 11.9 Å². The van der Waals surface area contributed by atoms with Crippen molar-refractivity contribution in [1.29, 1.82) is 0 Å². The van der Waals surface area contributed by atoms with E-state index < -0.39 is 18.2 Å². The highest BCUT2D eigenvalue weighted by atomic mass is 16.6. The molecule has 1 fully saturated rings. The lowest BCUT2D eigenvalue weighted by molar-refractivity contribution is -0.124. The molecule has 0 bridgehead atoms. The first-order valence-corrected chi connectivity index (χ1v) is 6.61. The van der Waals surface area contributed by atoms with Crippen LogP contribution in [0, 0.1) is 5.92 Å². The van der Waals surface area contributed by atoms with Gasteiger partial charge in [0, 0.05) is 13.1 Å². The lowest BCUT2D eigenvalue weighted by Crippen LogP contribution is -2.48. The summed E-state index contributed by atoms with van der Waals surface area (Å²) in [5.41, 5.74) is 5.28. The molecule has 0 aromatic heterocycles. The Bertz CT molecular complexity index is 330. The Balaban J connectivity index is 2.45. The van der Waals surface area contributed by atoms with Gasteiger partial charge in [-0.15, -0.1) is 0 Å². The van der Waals surface area contributed by atoms with Crippen LogP contribution in [-0.2, 0) is 9.53 Å². The zero-order valence-corrected chi connectivity index (χ0v) is 11.9. The van der Waals surface area contributed by atoms with Crippen molar-refractivity contribution in [3.63, 3.8) is 0 Å². The van der Waals surface area contributed by atoms with Crippen molar-refractivity contribution in [2.45, 2.75) is 45.3 Å². The maximum Gasteiger partial charge on any atom is 0.410 e. The Morgan fingerprint density at radius 3 is 2.32 bits per heavy atom. The maximum absolute atomic E-state index is 11.8. The number of ether oxygens (including phenoxy) is 1. The highest BCUT2D eigenvalue weighted by molar-refractivity contribution is 5.85. The number of rotatable bonds is 3. The summed E-state index contributed by atoms with van der Waals surface area (Å²) in [4.78, 5) is 24.8. The van der Waals surface area contributed by atoms with E-state index in [-0.39, 0.29) is 17.8 Å². The smallest absolute Gasteiger partial charge is 0.410 e. The molecule has 0 radical (unpaired) electrons. The van der Waals surface area contributed by atoms with E-state index in [2.05, 4.69) is 0 Å². The normalized spacial score (nSPS) is 19.1. The number of hydrogen-bond donors (Lipinski definition) is 2. The Morgan fingerprint density at radius 2 is 1.89 bits per heavy atom. The number of nitrogens with two attached hydrogens (primary N) is 1. The van der Waals surface area contributed by atoms with Crippen molar-refractivity contribution in [3.8, 4) is 0 Å². The van der Waals surface area contributed by atoms with Gasteiger partial charge in [0.1, 0.15) is 12.2 Å². The summed E-state index contributed by atoms with van der Waals surface area (Å²) in [6, 6.07) is -0.634. The van der Waals surface area contributed by atoms with Crippen LogP contribution < -0.4 is 5.73 Å². The van der Waals surface area contributed by atoms with E-state index in [1.807, 2.05) is 20.8 Å². The molecule has 1 amide bonds. The Kier molecular flexibility index (Phi) is 5.31. The first-order valence-electron chi connectivity index (χ1n) is 6.61. The number of nitrogens with zero attached hydrogens (tertiary/aromatic N) is 1. The highest BCUT2D eigenvalue weighted by Gasteiger charge is 2.31. The number of aliphatic hydroxyl groups is 1. The summed E-state index contributed by atoms with van der Waals surface area (Å²) in [7, 11) is 0. The first kappa shape index (κ1) is 15.9. The van der Waals surface area contributed by atoms with Gasteiger partial charge in [0.15, 0.2) is 5.78 Å². The molecule has 0 spiro atoms. The van der Waals surface area contributed by atoms with Crippen LogP contribution in [0.4, 0.5) is 4.79 Å². The monoisotopic (exact) mass is 272 g/mol. The van der Waals surface area contributed by atoms with Crippen LogP contribution in [0.5, 0.6) is 0 Å². The lowest BCUT2D eigenvalue weighted by atomic mass is 9.88. The molecule has 1 rings (SSSR count). The van der Waals surface area contributed by atoms with Crippen LogP contribution in [0.3, 0.4) is 0 Å². The summed E-state index contributed by atoms with van der Waals surface area (Å²) in [5, 5.41) is 8.79. The zero-order valence-electron chi connectivity index (χ0n) is 11.9. The lowest BCUT2D eigenvalue weighted by Gasteiger charge is -2.35. The summed E-state index contributed by atoms with van der Waals surface area (Å²) < 4.78 is 5.29. The van der Waals surface area contributed by atoms with E-state index in [1.165, 1.54) is 0 Å². The molecule has 1 aliphatic rings. The molecule has 0 aliphatic carbocycles. The molecular formula is C13H24N2O4. The summed E-state index contributed by atoms with van der Waals surface area (Å²) in [6.07, 6.45) is 0.992. The number of Topliss-reactive ketones (excluding diaryl/α,β-unsaturated/α-hetero) is 1. The summed E-state index contributed by atoms with van der Waals surface area (Å²) in [6.45, 7) is 6.03. The quantitative estimate of drug-likeness (QED) is 0.781. The molecule has 3 N–H and O–H groups in total. The molecule has 1 heterocycles. The molecule has 6 nitrogen and oxygen atoms in total. The molecular weight excluding hydrogens is 248 g/mol.